The number of nitrogens with zero attached hydrogens (tertiary/aromatic N) is 1. The second-order valence-corrected chi connectivity index (χ2v) is 7.45. The zero-order valence-corrected chi connectivity index (χ0v) is 16.4. The number of aliphatic hydroxyl groups is 1. The first kappa shape index (κ1) is 20.1. The van der Waals surface area contributed by atoms with Gasteiger partial charge in [0.15, 0.2) is 5.76 Å². The van der Waals surface area contributed by atoms with Gasteiger partial charge in [-0.05, 0) is 37.1 Å². The summed E-state index contributed by atoms with van der Waals surface area (Å²) in [7, 11) is 0. The van der Waals surface area contributed by atoms with E-state index in [2.05, 4.69) is 10.5 Å². The molecule has 3 aromatic rings. The molecule has 0 unspecified atom stereocenters. The molecule has 7 heteroatoms. The van der Waals surface area contributed by atoms with E-state index in [0.717, 1.165) is 11.3 Å². The Bertz CT molecular complexity index is 988. The third-order valence-corrected chi connectivity index (χ3v) is 5.21. The van der Waals surface area contributed by atoms with Crippen molar-refractivity contribution >= 4 is 5.91 Å². The number of hydrogen-bond donors (Lipinski definition) is 3. The van der Waals surface area contributed by atoms with Crippen LogP contribution in [0.25, 0.3) is 11.3 Å². The van der Waals surface area contributed by atoms with Crippen molar-refractivity contribution in [1.82, 2.24) is 10.5 Å². The van der Waals surface area contributed by atoms with Gasteiger partial charge in [-0.3, -0.25) is 4.79 Å². The molecule has 1 aliphatic heterocycles. The third kappa shape index (κ3) is 4.87. The van der Waals surface area contributed by atoms with Crippen LogP contribution >= 0.6 is 0 Å². The number of nitrogens with one attached hydrogen (secondary N) is 1. The van der Waals surface area contributed by atoms with Crippen molar-refractivity contribution < 1.29 is 24.3 Å². The van der Waals surface area contributed by atoms with Crippen molar-refractivity contribution in [3.63, 3.8) is 0 Å². The Kier molecular flexibility index (Phi) is 6.11. The van der Waals surface area contributed by atoms with Crippen LogP contribution in [0.15, 0.2) is 65.2 Å². The molecule has 30 heavy (non-hydrogen) atoms. The highest BCUT2D eigenvalue weighted by atomic mass is 16.5. The molecule has 7 nitrogen and oxygen atoms in total. The minimum Gasteiger partial charge on any atom is -0.508 e. The number of amides is 1. The fourth-order valence-electron chi connectivity index (χ4n) is 3.60. The average molecular weight is 408 g/mol. The maximum atomic E-state index is 12.2. The van der Waals surface area contributed by atoms with Crippen LogP contribution in [0.1, 0.15) is 28.9 Å². The second kappa shape index (κ2) is 9.11. The quantitative estimate of drug-likeness (QED) is 0.579. The highest BCUT2D eigenvalue weighted by molar-refractivity contribution is 5.94. The van der Waals surface area contributed by atoms with E-state index in [1.54, 1.807) is 42.5 Å². The van der Waals surface area contributed by atoms with Gasteiger partial charge in [0.1, 0.15) is 11.9 Å². The van der Waals surface area contributed by atoms with Crippen LogP contribution in [-0.4, -0.2) is 46.1 Å². The third-order valence-electron chi connectivity index (χ3n) is 5.21. The SMILES string of the molecule is O=C(NC[C@H]1O[C@H](Cc2cc(-c3cccc(O)c3)on2)CC[C@@H]1O)c1ccccc1. The zero-order chi connectivity index (χ0) is 20.9. The number of carbonyl (C=O) groups excluding carboxylic acids is 1. The highest BCUT2D eigenvalue weighted by Gasteiger charge is 2.31. The fraction of sp³-hybridized carbons (Fsp3) is 0.304. The first-order valence-corrected chi connectivity index (χ1v) is 10.0. The Hall–Kier alpha value is -3.16. The molecule has 0 aliphatic carbocycles. The summed E-state index contributed by atoms with van der Waals surface area (Å²) >= 11 is 0. The van der Waals surface area contributed by atoms with Gasteiger partial charge in [0.05, 0.1) is 17.9 Å². The molecule has 4 rings (SSSR count). The van der Waals surface area contributed by atoms with Gasteiger partial charge in [-0.2, -0.15) is 0 Å². The Labute approximate surface area is 174 Å². The summed E-state index contributed by atoms with van der Waals surface area (Å²) in [6.45, 7) is 0.235. The largest absolute Gasteiger partial charge is 0.508 e. The Morgan fingerprint density at radius 1 is 1.10 bits per heavy atom. The summed E-state index contributed by atoms with van der Waals surface area (Å²) in [6, 6.07) is 17.6. The molecule has 2 aromatic carbocycles. The molecule has 0 spiro atoms. The van der Waals surface area contributed by atoms with Crippen LogP contribution in [-0.2, 0) is 11.2 Å². The number of phenols is 1. The molecule has 1 saturated heterocycles. The molecule has 1 aliphatic rings. The van der Waals surface area contributed by atoms with Crippen molar-refractivity contribution in [2.45, 2.75) is 37.6 Å². The molecule has 0 saturated carbocycles. The van der Waals surface area contributed by atoms with Crippen LogP contribution in [0.4, 0.5) is 0 Å². The monoisotopic (exact) mass is 408 g/mol. The molecule has 3 atom stereocenters. The van der Waals surface area contributed by atoms with Crippen LogP contribution in [0, 0.1) is 0 Å². The number of ether oxygens (including phenoxy) is 1. The van der Waals surface area contributed by atoms with Crippen LogP contribution < -0.4 is 5.32 Å². The Morgan fingerprint density at radius 2 is 1.93 bits per heavy atom. The number of aliphatic hydroxyl groups excluding tert-OH is 1. The molecule has 156 valence electrons. The van der Waals surface area contributed by atoms with Gasteiger partial charge < -0.3 is 24.8 Å². The summed E-state index contributed by atoms with van der Waals surface area (Å²) in [6.07, 6.45) is 0.588. The maximum absolute atomic E-state index is 12.2. The predicted octanol–water partition coefficient (Wildman–Crippen LogP) is 2.93. The van der Waals surface area contributed by atoms with E-state index in [9.17, 15) is 15.0 Å². The van der Waals surface area contributed by atoms with Gasteiger partial charge >= 0.3 is 0 Å². The van der Waals surface area contributed by atoms with Crippen LogP contribution in [0.3, 0.4) is 0 Å². The van der Waals surface area contributed by atoms with Crippen molar-refractivity contribution in [3.05, 3.63) is 71.9 Å². The van der Waals surface area contributed by atoms with Gasteiger partial charge in [0.2, 0.25) is 0 Å². The topological polar surface area (TPSA) is 105 Å². The first-order chi connectivity index (χ1) is 14.6. The number of aromatic hydroxyl groups is 1. The number of benzene rings is 2. The lowest BCUT2D eigenvalue weighted by atomic mass is 9.98. The molecular formula is C23H24N2O5. The minimum absolute atomic E-state index is 0.130. The van der Waals surface area contributed by atoms with Crippen molar-refractivity contribution in [2.24, 2.45) is 0 Å². The molecule has 0 radical (unpaired) electrons. The van der Waals surface area contributed by atoms with Crippen molar-refractivity contribution in [2.75, 3.05) is 6.54 Å². The molecule has 3 N–H and O–H groups in total. The lowest BCUT2D eigenvalue weighted by molar-refractivity contribution is -0.114. The van der Waals surface area contributed by atoms with E-state index >= 15 is 0 Å². The number of rotatable bonds is 6. The number of hydrogen-bond acceptors (Lipinski definition) is 6. The van der Waals surface area contributed by atoms with Crippen molar-refractivity contribution in [3.8, 4) is 17.1 Å². The molecule has 1 aromatic heterocycles. The molecule has 0 bridgehead atoms. The summed E-state index contributed by atoms with van der Waals surface area (Å²) in [5, 5.41) is 26.8. The summed E-state index contributed by atoms with van der Waals surface area (Å²) in [5.41, 5.74) is 2.05. The molecule has 1 amide bonds. The smallest absolute Gasteiger partial charge is 0.251 e. The number of phenolic OH excluding ortho intramolecular Hbond substituents is 1. The second-order valence-electron chi connectivity index (χ2n) is 7.45. The van der Waals surface area contributed by atoms with E-state index in [1.807, 2.05) is 18.2 Å². The fourth-order valence-corrected chi connectivity index (χ4v) is 3.60. The number of aromatic nitrogens is 1. The van der Waals surface area contributed by atoms with E-state index in [1.165, 1.54) is 0 Å². The van der Waals surface area contributed by atoms with Gasteiger partial charge in [0.25, 0.3) is 5.91 Å². The average Bonchev–Trinajstić information content (AvgIpc) is 3.23. The molecule has 2 heterocycles. The lowest BCUT2D eigenvalue weighted by Crippen LogP contribution is -2.46. The molecule has 1 fully saturated rings. The van der Waals surface area contributed by atoms with Gasteiger partial charge in [0, 0.05) is 30.2 Å². The summed E-state index contributed by atoms with van der Waals surface area (Å²) in [5.74, 6) is 0.541. The van der Waals surface area contributed by atoms with Gasteiger partial charge in [-0.25, -0.2) is 0 Å². The van der Waals surface area contributed by atoms with Crippen molar-refractivity contribution in [1.29, 1.82) is 0 Å². The zero-order valence-electron chi connectivity index (χ0n) is 16.4. The normalized spacial score (nSPS) is 21.3. The highest BCUT2D eigenvalue weighted by Crippen LogP contribution is 2.26. The van der Waals surface area contributed by atoms with E-state index in [-0.39, 0.29) is 24.3 Å². The summed E-state index contributed by atoms with van der Waals surface area (Å²) in [4.78, 5) is 12.2. The Morgan fingerprint density at radius 3 is 2.73 bits per heavy atom. The van der Waals surface area contributed by atoms with Crippen LogP contribution in [0.5, 0.6) is 5.75 Å². The van der Waals surface area contributed by atoms with E-state index < -0.39 is 12.2 Å². The standard InChI is InChI=1S/C23H24N2O5/c26-18-8-4-7-16(11-18)21-13-17(25-30-21)12-19-9-10-20(27)22(29-19)14-24-23(28)15-5-2-1-3-6-15/h1-8,11,13,19-20,22,26-27H,9-10,12,14H2,(H,24,28)/t19-,20-,22+/m0/s1. The van der Waals surface area contributed by atoms with E-state index in [0.29, 0.717) is 30.6 Å². The van der Waals surface area contributed by atoms with E-state index in [4.69, 9.17) is 9.26 Å². The predicted molar refractivity (Wildman–Crippen MR) is 110 cm³/mol. The van der Waals surface area contributed by atoms with Gasteiger partial charge in [-0.15, -0.1) is 0 Å². The minimum atomic E-state index is -0.627. The van der Waals surface area contributed by atoms with Crippen LogP contribution in [0.2, 0.25) is 0 Å². The summed E-state index contributed by atoms with van der Waals surface area (Å²) < 4.78 is 11.4. The van der Waals surface area contributed by atoms with Gasteiger partial charge in [-0.1, -0.05) is 35.5 Å². The first-order valence-electron chi connectivity index (χ1n) is 10.0. The lowest BCUT2D eigenvalue weighted by Gasteiger charge is -2.33. The maximum Gasteiger partial charge on any atom is 0.251 e. The number of carbonyl (C=O) groups is 1. The molecular weight excluding hydrogens is 384 g/mol. The Balaban J connectivity index is 1.34.